The van der Waals surface area contributed by atoms with Crippen molar-refractivity contribution in [3.63, 3.8) is 0 Å². The zero-order chi connectivity index (χ0) is 17.2. The molecule has 0 spiro atoms. The van der Waals surface area contributed by atoms with E-state index >= 15 is 0 Å². The van der Waals surface area contributed by atoms with Gasteiger partial charge in [0.25, 0.3) is 0 Å². The lowest BCUT2D eigenvalue weighted by Gasteiger charge is -2.32. The van der Waals surface area contributed by atoms with Gasteiger partial charge in [-0.15, -0.1) is 0 Å². The Labute approximate surface area is 139 Å². The number of benzene rings is 1. The van der Waals surface area contributed by atoms with Crippen LogP contribution in [0.2, 0.25) is 0 Å². The molecule has 0 bridgehead atoms. The molecule has 124 valence electrons. The van der Waals surface area contributed by atoms with E-state index < -0.39 is 15.7 Å². The summed E-state index contributed by atoms with van der Waals surface area (Å²) in [6.45, 7) is 6.08. The van der Waals surface area contributed by atoms with Gasteiger partial charge < -0.3 is 5.73 Å². The number of amides is 1. The van der Waals surface area contributed by atoms with Crippen molar-refractivity contribution in [2.24, 2.45) is 11.7 Å². The van der Waals surface area contributed by atoms with Gasteiger partial charge in [-0.1, -0.05) is 25.1 Å². The first kappa shape index (κ1) is 17.6. The Kier molecular flexibility index (Phi) is 5.21. The van der Waals surface area contributed by atoms with Crippen LogP contribution in [0.15, 0.2) is 35.2 Å². The molecule has 2 N–H and O–H groups in total. The van der Waals surface area contributed by atoms with Gasteiger partial charge in [-0.2, -0.15) is 0 Å². The monoisotopic (exact) mass is 353 g/mol. The molecule has 2 unspecified atom stereocenters. The first-order valence-electron chi connectivity index (χ1n) is 7.26. The fourth-order valence-corrected chi connectivity index (χ4v) is 4.75. The summed E-state index contributed by atoms with van der Waals surface area (Å²) in [7, 11) is -3.90. The van der Waals surface area contributed by atoms with Gasteiger partial charge in [-0.25, -0.2) is 12.6 Å². The number of carbonyl (C=O) groups excluding carboxylic acids is 1. The molecule has 0 radical (unpaired) electrons. The minimum Gasteiger partial charge on any atom is -0.366 e. The third-order valence-corrected chi connectivity index (χ3v) is 6.72. The summed E-state index contributed by atoms with van der Waals surface area (Å²) < 4.78 is 36.2. The van der Waals surface area contributed by atoms with Crippen molar-refractivity contribution in [3.05, 3.63) is 41.5 Å². The highest BCUT2D eigenvalue weighted by Gasteiger charge is 2.30. The molecule has 0 aliphatic heterocycles. The maximum atomic E-state index is 12.4. The molecule has 1 aromatic rings. The summed E-state index contributed by atoms with van der Waals surface area (Å²) in [6.07, 6.45) is 2.70. The van der Waals surface area contributed by atoms with Crippen LogP contribution in [0.1, 0.15) is 48.0 Å². The highest BCUT2D eigenvalue weighted by Crippen LogP contribution is 2.42. The largest absolute Gasteiger partial charge is 0.366 e. The van der Waals surface area contributed by atoms with E-state index in [1.54, 1.807) is 6.07 Å². The van der Waals surface area contributed by atoms with Gasteiger partial charge in [-0.3, -0.25) is 4.79 Å². The molecule has 2 atom stereocenters. The number of nitrogens with two attached hydrogens (primary N) is 1. The molecule has 2 rings (SSSR count). The summed E-state index contributed by atoms with van der Waals surface area (Å²) in [5.41, 5.74) is 7.07. The van der Waals surface area contributed by atoms with Crippen molar-refractivity contribution in [1.29, 1.82) is 0 Å². The fraction of sp³-hybridized carbons (Fsp3) is 0.375. The number of rotatable bonds is 4. The smallest absolute Gasteiger partial charge is 0.248 e. The Bertz CT molecular complexity index is 807. The van der Waals surface area contributed by atoms with Gasteiger partial charge in [0.2, 0.25) is 15.7 Å². The van der Waals surface area contributed by atoms with E-state index in [2.05, 4.69) is 6.58 Å². The summed E-state index contributed by atoms with van der Waals surface area (Å²) in [6, 6.07) is 4.44. The molecule has 0 heterocycles. The van der Waals surface area contributed by atoms with E-state index in [4.69, 9.17) is 5.73 Å². The third kappa shape index (κ3) is 3.61. The summed E-state index contributed by atoms with van der Waals surface area (Å²) in [4.78, 5) is 11.4. The molecule has 1 saturated carbocycles. The molecule has 1 amide bonds. The van der Waals surface area contributed by atoms with Gasteiger partial charge in [0.1, 0.15) is 16.0 Å². The number of allylic oxidation sites excluding steroid dienone is 1. The highest BCUT2D eigenvalue weighted by atomic mass is 32.2. The van der Waals surface area contributed by atoms with Crippen molar-refractivity contribution >= 4 is 31.7 Å². The minimum absolute atomic E-state index is 0.00648. The van der Waals surface area contributed by atoms with Crippen molar-refractivity contribution in [2.75, 3.05) is 0 Å². The summed E-state index contributed by atoms with van der Waals surface area (Å²) >= 11 is -0.122. The Balaban J connectivity index is 2.66. The molecule has 1 aliphatic carbocycles. The van der Waals surface area contributed by atoms with Crippen LogP contribution in [0.4, 0.5) is 0 Å². The van der Waals surface area contributed by atoms with Crippen LogP contribution in [-0.2, 0) is 21.1 Å². The number of hydrogen-bond donors (Lipinski definition) is 1. The Morgan fingerprint density at radius 3 is 2.74 bits per heavy atom. The van der Waals surface area contributed by atoms with Crippen LogP contribution in [0.25, 0.3) is 0 Å². The summed E-state index contributed by atoms with van der Waals surface area (Å²) in [5, 5.41) is 0. The van der Waals surface area contributed by atoms with Crippen LogP contribution < -0.4 is 5.73 Å². The molecule has 0 saturated heterocycles. The summed E-state index contributed by atoms with van der Waals surface area (Å²) in [5.74, 6) is -0.575. The standard InChI is InChI=1S/C16H19NO4S2/c1-10-4-3-5-13(11(10)2)14-7-6-12(16(17)18)8-15(14)23(20,21)9-22-19/h6-9,11,13H,1,3-5H2,2H3,(H2,17,18). The first-order valence-corrected chi connectivity index (χ1v) is 9.61. The molecule has 0 aromatic heterocycles. The molecule has 7 heteroatoms. The van der Waals surface area contributed by atoms with E-state index in [0.29, 0.717) is 10.3 Å². The lowest BCUT2D eigenvalue weighted by molar-refractivity contribution is 0.1000. The Morgan fingerprint density at radius 2 is 2.13 bits per heavy atom. The average Bonchev–Trinajstić information content (AvgIpc) is 2.49. The molecule has 1 aromatic carbocycles. The molecule has 1 fully saturated rings. The zero-order valence-electron chi connectivity index (χ0n) is 12.8. The number of hydrogen-bond acceptors (Lipinski definition) is 4. The van der Waals surface area contributed by atoms with Crippen LogP contribution >= 0.6 is 0 Å². The van der Waals surface area contributed by atoms with Gasteiger partial charge >= 0.3 is 0 Å². The minimum atomic E-state index is -3.90. The highest BCUT2D eigenvalue weighted by molar-refractivity contribution is 8.12. The average molecular weight is 353 g/mol. The predicted molar refractivity (Wildman–Crippen MR) is 91.2 cm³/mol. The van der Waals surface area contributed by atoms with E-state index in [0.717, 1.165) is 24.8 Å². The lowest BCUT2D eigenvalue weighted by atomic mass is 9.74. The van der Waals surface area contributed by atoms with Crippen LogP contribution in [0.3, 0.4) is 0 Å². The van der Waals surface area contributed by atoms with Gasteiger partial charge in [0.15, 0.2) is 0 Å². The van der Waals surface area contributed by atoms with E-state index in [1.165, 1.54) is 12.1 Å². The van der Waals surface area contributed by atoms with E-state index in [-0.39, 0.29) is 33.6 Å². The topological polar surface area (TPSA) is 94.3 Å². The normalized spacial score (nSPS) is 21.7. The fourth-order valence-electron chi connectivity index (χ4n) is 3.08. The van der Waals surface area contributed by atoms with Crippen LogP contribution in [0.5, 0.6) is 0 Å². The lowest BCUT2D eigenvalue weighted by Crippen LogP contribution is -2.21. The molecule has 1 aliphatic rings. The maximum absolute atomic E-state index is 12.4. The van der Waals surface area contributed by atoms with Crippen molar-refractivity contribution < 1.29 is 17.4 Å². The molecular formula is C16H19NO4S2. The van der Waals surface area contributed by atoms with Crippen LogP contribution in [0, 0.1) is 5.92 Å². The van der Waals surface area contributed by atoms with Crippen molar-refractivity contribution in [2.45, 2.75) is 37.0 Å². The second kappa shape index (κ2) is 6.80. The van der Waals surface area contributed by atoms with Gasteiger partial charge in [-0.05, 0) is 48.8 Å². The Morgan fingerprint density at radius 1 is 1.43 bits per heavy atom. The first-order chi connectivity index (χ1) is 10.8. The maximum Gasteiger partial charge on any atom is 0.248 e. The molecule has 5 nitrogen and oxygen atoms in total. The zero-order valence-corrected chi connectivity index (χ0v) is 14.5. The predicted octanol–water partition coefficient (Wildman–Crippen LogP) is 1.99. The van der Waals surface area contributed by atoms with E-state index in [1.807, 2.05) is 6.92 Å². The second-order valence-electron chi connectivity index (χ2n) is 5.80. The quantitative estimate of drug-likeness (QED) is 0.661. The number of primary amides is 1. The third-order valence-electron chi connectivity index (χ3n) is 4.43. The van der Waals surface area contributed by atoms with Crippen molar-refractivity contribution in [1.82, 2.24) is 0 Å². The molecule has 23 heavy (non-hydrogen) atoms. The van der Waals surface area contributed by atoms with Crippen molar-refractivity contribution in [3.8, 4) is 0 Å². The number of sulfone groups is 1. The number of carbonyl (C=O) groups is 1. The van der Waals surface area contributed by atoms with Crippen LogP contribution in [-0.4, -0.2) is 23.2 Å². The second-order valence-corrected chi connectivity index (χ2v) is 8.29. The Hall–Kier alpha value is -1.73. The van der Waals surface area contributed by atoms with E-state index in [9.17, 15) is 17.4 Å². The van der Waals surface area contributed by atoms with Gasteiger partial charge in [0.05, 0.1) is 4.90 Å². The SMILES string of the molecule is C=C1CCCC(c2ccc(C(N)=O)cc2S(=O)(=O)C=S=O)C1C. The van der Waals surface area contributed by atoms with Gasteiger partial charge in [0, 0.05) is 5.56 Å². The molecular weight excluding hydrogens is 334 g/mol.